The SMILES string of the molecule is Fc1cccc(F)c1NCc1nnc(-c2ccccc2)o1. The van der Waals surface area contributed by atoms with Gasteiger partial charge in [0.1, 0.15) is 17.3 Å². The lowest BCUT2D eigenvalue weighted by atomic mass is 10.2. The van der Waals surface area contributed by atoms with Gasteiger partial charge in [-0.05, 0) is 24.3 Å². The van der Waals surface area contributed by atoms with E-state index >= 15 is 0 Å². The number of anilines is 1. The summed E-state index contributed by atoms with van der Waals surface area (Å²) in [6.45, 7) is 0.0394. The molecule has 0 saturated heterocycles. The van der Waals surface area contributed by atoms with Crippen molar-refractivity contribution in [3.05, 3.63) is 66.1 Å². The zero-order valence-corrected chi connectivity index (χ0v) is 10.9. The molecule has 0 aliphatic heterocycles. The second-order valence-electron chi connectivity index (χ2n) is 4.32. The van der Waals surface area contributed by atoms with Gasteiger partial charge in [0, 0.05) is 5.56 Å². The summed E-state index contributed by atoms with van der Waals surface area (Å²) in [6.07, 6.45) is 0. The molecular formula is C15H11F2N3O. The maximum absolute atomic E-state index is 13.5. The van der Waals surface area contributed by atoms with Crippen molar-refractivity contribution in [1.82, 2.24) is 10.2 Å². The lowest BCUT2D eigenvalue weighted by molar-refractivity contribution is 0.512. The van der Waals surface area contributed by atoms with Crippen LogP contribution in [0.15, 0.2) is 52.9 Å². The van der Waals surface area contributed by atoms with Crippen LogP contribution in [0.25, 0.3) is 11.5 Å². The van der Waals surface area contributed by atoms with E-state index in [1.165, 1.54) is 18.2 Å². The van der Waals surface area contributed by atoms with Crippen molar-refractivity contribution in [3.63, 3.8) is 0 Å². The van der Waals surface area contributed by atoms with Gasteiger partial charge in [-0.1, -0.05) is 24.3 Å². The molecule has 0 amide bonds. The number of nitrogens with one attached hydrogen (secondary N) is 1. The number of halogens is 2. The quantitative estimate of drug-likeness (QED) is 0.796. The molecule has 0 bridgehead atoms. The van der Waals surface area contributed by atoms with E-state index in [-0.39, 0.29) is 18.1 Å². The maximum Gasteiger partial charge on any atom is 0.247 e. The molecule has 1 aromatic heterocycles. The molecule has 1 heterocycles. The molecule has 4 nitrogen and oxygen atoms in total. The molecule has 0 fully saturated rings. The van der Waals surface area contributed by atoms with Gasteiger partial charge in [0.2, 0.25) is 11.8 Å². The van der Waals surface area contributed by atoms with Crippen LogP contribution in [-0.2, 0) is 6.54 Å². The molecule has 0 spiro atoms. The van der Waals surface area contributed by atoms with Crippen LogP contribution in [0, 0.1) is 11.6 Å². The Hall–Kier alpha value is -2.76. The molecule has 0 aliphatic rings. The summed E-state index contributed by atoms with van der Waals surface area (Å²) < 4.78 is 32.3. The predicted octanol–water partition coefficient (Wildman–Crippen LogP) is 3.63. The molecule has 0 radical (unpaired) electrons. The van der Waals surface area contributed by atoms with Crippen LogP contribution in [0.4, 0.5) is 14.5 Å². The topological polar surface area (TPSA) is 51.0 Å². The van der Waals surface area contributed by atoms with Gasteiger partial charge in [-0.3, -0.25) is 0 Å². The minimum Gasteiger partial charge on any atom is -0.419 e. The highest BCUT2D eigenvalue weighted by atomic mass is 19.1. The number of rotatable bonds is 4. The van der Waals surface area contributed by atoms with Crippen molar-refractivity contribution in [2.75, 3.05) is 5.32 Å². The van der Waals surface area contributed by atoms with Gasteiger partial charge in [-0.2, -0.15) is 0 Å². The molecule has 2 aromatic carbocycles. The van der Waals surface area contributed by atoms with Gasteiger partial charge in [0.15, 0.2) is 0 Å². The standard InChI is InChI=1S/C15H11F2N3O/c16-11-7-4-8-12(17)14(11)18-9-13-19-20-15(21-13)10-5-2-1-3-6-10/h1-8,18H,9H2. The normalized spacial score (nSPS) is 10.6. The summed E-state index contributed by atoms with van der Waals surface area (Å²) in [6, 6.07) is 12.9. The van der Waals surface area contributed by atoms with Crippen LogP contribution in [0.5, 0.6) is 0 Å². The second-order valence-corrected chi connectivity index (χ2v) is 4.32. The molecule has 3 aromatic rings. The minimum atomic E-state index is -0.669. The third-order valence-electron chi connectivity index (χ3n) is 2.87. The number of hydrogen-bond donors (Lipinski definition) is 1. The van der Waals surface area contributed by atoms with Crippen molar-refractivity contribution >= 4 is 5.69 Å². The van der Waals surface area contributed by atoms with E-state index in [9.17, 15) is 8.78 Å². The number of hydrogen-bond acceptors (Lipinski definition) is 4. The average Bonchev–Trinajstić information content (AvgIpc) is 2.97. The Labute approximate surface area is 119 Å². The molecule has 0 saturated carbocycles. The Morgan fingerprint density at radius 2 is 1.62 bits per heavy atom. The van der Waals surface area contributed by atoms with E-state index < -0.39 is 11.6 Å². The lowest BCUT2D eigenvalue weighted by Gasteiger charge is -2.05. The second kappa shape index (κ2) is 5.70. The van der Waals surface area contributed by atoms with Gasteiger partial charge in [-0.15, -0.1) is 10.2 Å². The smallest absolute Gasteiger partial charge is 0.247 e. The van der Waals surface area contributed by atoms with Gasteiger partial charge in [-0.25, -0.2) is 8.78 Å². The van der Waals surface area contributed by atoms with Crippen LogP contribution >= 0.6 is 0 Å². The minimum absolute atomic E-state index is 0.0394. The van der Waals surface area contributed by atoms with Crippen LogP contribution in [0.1, 0.15) is 5.89 Å². The van der Waals surface area contributed by atoms with Gasteiger partial charge in [0.25, 0.3) is 0 Å². The van der Waals surface area contributed by atoms with E-state index in [1.807, 2.05) is 30.3 Å². The van der Waals surface area contributed by atoms with E-state index in [2.05, 4.69) is 15.5 Å². The van der Waals surface area contributed by atoms with E-state index in [0.29, 0.717) is 5.89 Å². The number of benzene rings is 2. The highest BCUT2D eigenvalue weighted by Gasteiger charge is 2.11. The first-order valence-electron chi connectivity index (χ1n) is 6.30. The molecule has 0 aliphatic carbocycles. The Kier molecular flexibility index (Phi) is 3.59. The van der Waals surface area contributed by atoms with Gasteiger partial charge in [0.05, 0.1) is 6.54 Å². The number of aromatic nitrogens is 2. The largest absolute Gasteiger partial charge is 0.419 e. The first-order valence-corrected chi connectivity index (χ1v) is 6.30. The Morgan fingerprint density at radius 1 is 0.905 bits per heavy atom. The molecule has 21 heavy (non-hydrogen) atoms. The van der Waals surface area contributed by atoms with Crippen LogP contribution in [0.3, 0.4) is 0 Å². The van der Waals surface area contributed by atoms with Crippen molar-refractivity contribution < 1.29 is 13.2 Å². The zero-order chi connectivity index (χ0) is 14.7. The zero-order valence-electron chi connectivity index (χ0n) is 10.9. The summed E-state index contributed by atoms with van der Waals surface area (Å²) in [7, 11) is 0. The number of para-hydroxylation sites is 1. The fraction of sp³-hybridized carbons (Fsp3) is 0.0667. The fourth-order valence-electron chi connectivity index (χ4n) is 1.85. The van der Waals surface area contributed by atoms with Crippen molar-refractivity contribution in [1.29, 1.82) is 0 Å². The van der Waals surface area contributed by atoms with Gasteiger partial charge >= 0.3 is 0 Å². The van der Waals surface area contributed by atoms with Crippen molar-refractivity contribution in [2.45, 2.75) is 6.54 Å². The Balaban J connectivity index is 1.74. The third-order valence-corrected chi connectivity index (χ3v) is 2.87. The van der Waals surface area contributed by atoms with Crippen molar-refractivity contribution in [2.24, 2.45) is 0 Å². The van der Waals surface area contributed by atoms with E-state index in [0.717, 1.165) is 5.56 Å². The maximum atomic E-state index is 13.5. The molecular weight excluding hydrogens is 276 g/mol. The Bertz CT molecular complexity index is 723. The van der Waals surface area contributed by atoms with Crippen LogP contribution < -0.4 is 5.32 Å². The van der Waals surface area contributed by atoms with E-state index in [1.54, 1.807) is 0 Å². The fourth-order valence-corrected chi connectivity index (χ4v) is 1.85. The predicted molar refractivity (Wildman–Crippen MR) is 73.4 cm³/mol. The molecule has 0 unspecified atom stereocenters. The van der Waals surface area contributed by atoms with Gasteiger partial charge < -0.3 is 9.73 Å². The average molecular weight is 287 g/mol. The molecule has 3 rings (SSSR count). The van der Waals surface area contributed by atoms with Crippen LogP contribution in [-0.4, -0.2) is 10.2 Å². The third kappa shape index (κ3) is 2.89. The number of nitrogens with zero attached hydrogens (tertiary/aromatic N) is 2. The molecule has 6 heteroatoms. The highest BCUT2D eigenvalue weighted by Crippen LogP contribution is 2.20. The monoisotopic (exact) mass is 287 g/mol. The summed E-state index contributed by atoms with van der Waals surface area (Å²) in [5.74, 6) is -0.728. The molecule has 1 N–H and O–H groups in total. The summed E-state index contributed by atoms with van der Waals surface area (Å²) in [5, 5.41) is 10.4. The lowest BCUT2D eigenvalue weighted by Crippen LogP contribution is -2.04. The summed E-state index contributed by atoms with van der Waals surface area (Å²) >= 11 is 0. The molecule has 106 valence electrons. The highest BCUT2D eigenvalue weighted by molar-refractivity contribution is 5.52. The van der Waals surface area contributed by atoms with Crippen molar-refractivity contribution in [3.8, 4) is 11.5 Å². The Morgan fingerprint density at radius 3 is 2.33 bits per heavy atom. The first kappa shape index (κ1) is 13.2. The van der Waals surface area contributed by atoms with E-state index in [4.69, 9.17) is 4.42 Å². The van der Waals surface area contributed by atoms with Crippen LogP contribution in [0.2, 0.25) is 0 Å². The molecule has 0 atom stereocenters. The first-order chi connectivity index (χ1) is 10.2. The summed E-state index contributed by atoms with van der Waals surface area (Å²) in [5.41, 5.74) is 0.574. The summed E-state index contributed by atoms with van der Waals surface area (Å²) in [4.78, 5) is 0.